The monoisotopic (exact) mass is 526 g/mol. The number of unbranched alkanes of at least 4 members (excludes halogenated alkanes) is 1. The zero-order chi connectivity index (χ0) is 25.1. The minimum absolute atomic E-state index is 0.0236. The van der Waals surface area contributed by atoms with E-state index in [2.05, 4.69) is 78.6 Å². The third kappa shape index (κ3) is 23.8. The van der Waals surface area contributed by atoms with Crippen LogP contribution >= 0.6 is 0 Å². The Hall–Kier alpha value is 0.628. The lowest BCUT2D eigenvalue weighted by molar-refractivity contribution is 0.00766. The first-order valence-corrected chi connectivity index (χ1v) is 25.8. The molecule has 0 aromatic rings. The van der Waals surface area contributed by atoms with E-state index in [0.717, 1.165) is 26.1 Å². The van der Waals surface area contributed by atoms with Gasteiger partial charge in [0.1, 0.15) is 0 Å². The average molecular weight is 527 g/mol. The van der Waals surface area contributed by atoms with Crippen molar-refractivity contribution in [1.82, 2.24) is 0 Å². The van der Waals surface area contributed by atoms with Gasteiger partial charge in [0, 0.05) is 13.2 Å². The van der Waals surface area contributed by atoms with Crippen molar-refractivity contribution in [3.05, 3.63) is 0 Å². The molecule has 6 nitrogen and oxygen atoms in total. The molecule has 0 aromatic heterocycles. The van der Waals surface area contributed by atoms with Gasteiger partial charge in [0.15, 0.2) is 33.3 Å². The van der Waals surface area contributed by atoms with Crippen LogP contribution in [0.4, 0.5) is 0 Å². The van der Waals surface area contributed by atoms with Gasteiger partial charge >= 0.3 is 0 Å². The Morgan fingerprint density at radius 2 is 0.750 bits per heavy atom. The highest BCUT2D eigenvalue weighted by Gasteiger charge is 2.25. The first-order chi connectivity index (χ1) is 14.4. The predicted octanol–water partition coefficient (Wildman–Crippen LogP) is 5.94. The largest absolute Gasteiger partial charge is 0.415 e. The minimum atomic E-state index is -1.63. The molecule has 0 fully saturated rings. The summed E-state index contributed by atoms with van der Waals surface area (Å²) >= 11 is 0. The van der Waals surface area contributed by atoms with Gasteiger partial charge in [-0.3, -0.25) is 0 Å². The summed E-state index contributed by atoms with van der Waals surface area (Å²) < 4.78 is 36.5. The fourth-order valence-corrected chi connectivity index (χ4v) is 6.40. The summed E-state index contributed by atoms with van der Waals surface area (Å²) in [6.07, 6.45) is 1.99. The molecule has 0 radical (unpaired) electrons. The Morgan fingerprint density at radius 3 is 1.00 bits per heavy atom. The van der Waals surface area contributed by atoms with Crippen molar-refractivity contribution in [2.24, 2.45) is 0 Å². The van der Waals surface area contributed by atoms with Crippen molar-refractivity contribution in [3.63, 3.8) is 0 Å². The summed E-state index contributed by atoms with van der Waals surface area (Å²) in [6, 6.07) is 0. The Kier molecular flexibility index (Phi) is 15.2. The van der Waals surface area contributed by atoms with E-state index in [9.17, 15) is 0 Å². The second-order valence-electron chi connectivity index (χ2n) is 12.4. The Bertz CT molecular complexity index is 437. The molecule has 0 aliphatic carbocycles. The maximum absolute atomic E-state index is 6.26. The molecule has 0 N–H and O–H groups in total. The van der Waals surface area contributed by atoms with Gasteiger partial charge in [-0.1, -0.05) is 0 Å². The summed E-state index contributed by atoms with van der Waals surface area (Å²) in [4.78, 5) is 0. The van der Waals surface area contributed by atoms with E-state index in [4.69, 9.17) is 27.2 Å². The molecule has 2 atom stereocenters. The Morgan fingerprint density at radius 1 is 0.438 bits per heavy atom. The fourth-order valence-electron chi connectivity index (χ4n) is 2.76. The maximum Gasteiger partial charge on any atom is 0.184 e. The van der Waals surface area contributed by atoms with Gasteiger partial charge < -0.3 is 27.2 Å². The summed E-state index contributed by atoms with van der Waals surface area (Å²) in [5, 5.41) is 0. The molecular formula is C22H54O6Si4. The van der Waals surface area contributed by atoms with Gasteiger partial charge in [-0.15, -0.1) is 0 Å². The van der Waals surface area contributed by atoms with E-state index >= 15 is 0 Å². The van der Waals surface area contributed by atoms with Crippen molar-refractivity contribution < 1.29 is 27.2 Å². The molecule has 0 spiro atoms. The van der Waals surface area contributed by atoms with Crippen LogP contribution in [0.25, 0.3) is 0 Å². The molecule has 194 valence electrons. The SMILES string of the molecule is C[Si](C)(C)OCC(COCCCCOCC(CO[Si](C)(C)C)O[Si](C)(C)C)O[Si](C)(C)C. The molecule has 0 aliphatic heterocycles. The van der Waals surface area contributed by atoms with Crippen LogP contribution in [0.2, 0.25) is 78.6 Å². The van der Waals surface area contributed by atoms with E-state index in [0.29, 0.717) is 26.4 Å². The number of hydrogen-bond acceptors (Lipinski definition) is 6. The molecule has 32 heavy (non-hydrogen) atoms. The smallest absolute Gasteiger partial charge is 0.184 e. The lowest BCUT2D eigenvalue weighted by Crippen LogP contribution is -2.40. The highest BCUT2D eigenvalue weighted by Crippen LogP contribution is 2.13. The van der Waals surface area contributed by atoms with Crippen molar-refractivity contribution >= 4 is 33.3 Å². The lowest BCUT2D eigenvalue weighted by atomic mass is 10.3. The van der Waals surface area contributed by atoms with Crippen molar-refractivity contribution in [1.29, 1.82) is 0 Å². The third-order valence-corrected chi connectivity index (χ3v) is 8.03. The fraction of sp³-hybridized carbons (Fsp3) is 1.00. The second kappa shape index (κ2) is 14.9. The number of rotatable bonds is 19. The van der Waals surface area contributed by atoms with Gasteiger partial charge in [0.05, 0.1) is 38.6 Å². The van der Waals surface area contributed by atoms with Crippen LogP contribution in [0.1, 0.15) is 12.8 Å². The van der Waals surface area contributed by atoms with Crippen LogP contribution in [-0.4, -0.2) is 85.1 Å². The van der Waals surface area contributed by atoms with Gasteiger partial charge in [-0.25, -0.2) is 0 Å². The zero-order valence-electron chi connectivity index (χ0n) is 23.3. The topological polar surface area (TPSA) is 55.4 Å². The van der Waals surface area contributed by atoms with E-state index in [1.54, 1.807) is 0 Å². The summed E-state index contributed by atoms with van der Waals surface area (Å²) in [5.74, 6) is 0. The van der Waals surface area contributed by atoms with E-state index in [1.165, 1.54) is 0 Å². The Balaban J connectivity index is 4.17. The predicted molar refractivity (Wildman–Crippen MR) is 146 cm³/mol. The van der Waals surface area contributed by atoms with Crippen LogP contribution in [0.15, 0.2) is 0 Å². The molecule has 0 amide bonds. The van der Waals surface area contributed by atoms with Gasteiger partial charge in [0.2, 0.25) is 0 Å². The molecule has 0 bridgehead atoms. The average Bonchev–Trinajstić information content (AvgIpc) is 2.55. The van der Waals surface area contributed by atoms with E-state index in [1.807, 2.05) is 0 Å². The maximum atomic E-state index is 6.26. The van der Waals surface area contributed by atoms with Crippen LogP contribution in [0, 0.1) is 0 Å². The standard InChI is InChI=1S/C22H54O6Si4/c1-29(2,3)25-19-21(27-31(7,8)9)17-23-15-13-14-16-24-18-22(28-32(10,11)12)20-26-30(4,5)6/h21-22H,13-20H2,1-12H3. The van der Waals surface area contributed by atoms with Crippen LogP contribution in [-0.2, 0) is 27.2 Å². The van der Waals surface area contributed by atoms with Crippen LogP contribution < -0.4 is 0 Å². The third-order valence-electron chi connectivity index (χ3n) is 3.88. The normalized spacial score (nSPS) is 15.8. The molecule has 0 heterocycles. The second-order valence-corrected chi connectivity index (χ2v) is 30.4. The minimum Gasteiger partial charge on any atom is -0.415 e. The highest BCUT2D eigenvalue weighted by molar-refractivity contribution is 6.70. The molecule has 2 unspecified atom stereocenters. The molecule has 10 heteroatoms. The molecule has 0 aliphatic rings. The van der Waals surface area contributed by atoms with E-state index < -0.39 is 33.3 Å². The number of hydrogen-bond donors (Lipinski definition) is 0. The van der Waals surface area contributed by atoms with Crippen LogP contribution in [0.3, 0.4) is 0 Å². The number of ether oxygens (including phenoxy) is 2. The molecule has 0 saturated heterocycles. The van der Waals surface area contributed by atoms with Crippen molar-refractivity contribution in [3.8, 4) is 0 Å². The van der Waals surface area contributed by atoms with Gasteiger partial charge in [0.25, 0.3) is 0 Å². The molecule has 0 aromatic carbocycles. The molecule has 0 saturated carbocycles. The Labute approximate surface area is 203 Å². The first-order valence-electron chi connectivity index (χ1n) is 12.2. The van der Waals surface area contributed by atoms with E-state index in [-0.39, 0.29) is 12.2 Å². The van der Waals surface area contributed by atoms with Gasteiger partial charge in [-0.05, 0) is 91.4 Å². The van der Waals surface area contributed by atoms with Gasteiger partial charge in [-0.2, -0.15) is 0 Å². The lowest BCUT2D eigenvalue weighted by Gasteiger charge is -2.29. The van der Waals surface area contributed by atoms with Crippen LogP contribution in [0.5, 0.6) is 0 Å². The quantitative estimate of drug-likeness (QED) is 0.153. The summed E-state index contributed by atoms with van der Waals surface area (Å²) in [7, 11) is -6.38. The van der Waals surface area contributed by atoms with Crippen molar-refractivity contribution in [2.75, 3.05) is 39.6 Å². The first kappa shape index (κ1) is 32.6. The summed E-state index contributed by atoms with van der Waals surface area (Å²) in [6.45, 7) is 30.3. The molecule has 0 rings (SSSR count). The highest BCUT2D eigenvalue weighted by atomic mass is 28.4. The summed E-state index contributed by atoms with van der Waals surface area (Å²) in [5.41, 5.74) is 0. The zero-order valence-corrected chi connectivity index (χ0v) is 27.3. The van der Waals surface area contributed by atoms with Crippen molar-refractivity contribution in [2.45, 2.75) is 104 Å². The molecular weight excluding hydrogens is 473 g/mol.